The third kappa shape index (κ3) is 3.99. The highest BCUT2D eigenvalue weighted by Gasteiger charge is 2.27. The molecule has 0 aliphatic rings. The van der Waals surface area contributed by atoms with Gasteiger partial charge < -0.3 is 5.32 Å². The Morgan fingerprint density at radius 3 is 2.42 bits per heavy atom. The van der Waals surface area contributed by atoms with Crippen LogP contribution in [0.25, 0.3) is 11.0 Å². The average Bonchev–Trinajstić information content (AvgIpc) is 2.33. The van der Waals surface area contributed by atoms with E-state index in [1.165, 1.54) is 0 Å². The van der Waals surface area contributed by atoms with Gasteiger partial charge in [0.05, 0.1) is 16.7 Å². The zero-order valence-corrected chi connectivity index (χ0v) is 11.0. The topological polar surface area (TPSA) is 37.8 Å². The van der Waals surface area contributed by atoms with Crippen LogP contribution >= 0.6 is 11.8 Å². The molecule has 19 heavy (non-hydrogen) atoms. The summed E-state index contributed by atoms with van der Waals surface area (Å²) in [6, 6.07) is 7.37. The molecule has 1 aromatic carbocycles. The van der Waals surface area contributed by atoms with Crippen LogP contribution in [-0.4, -0.2) is 27.8 Å². The number of rotatable bonds is 4. The Kier molecular flexibility index (Phi) is 4.14. The molecule has 0 saturated carbocycles. The molecule has 0 aliphatic carbocycles. The standard InChI is InChI=1S/C12H12F3N3S/c1-8-11(16-6-7-19-12(13,14)15)18-10-5-3-2-4-9(10)17-8/h2-5H,6-7H2,1H3,(H,16,18). The van der Waals surface area contributed by atoms with Gasteiger partial charge in [-0.3, -0.25) is 0 Å². The fourth-order valence-corrected chi connectivity index (χ4v) is 2.03. The Hall–Kier alpha value is -1.50. The van der Waals surface area contributed by atoms with E-state index in [0.29, 0.717) is 11.5 Å². The van der Waals surface area contributed by atoms with Gasteiger partial charge in [-0.1, -0.05) is 12.1 Å². The number of thioether (sulfide) groups is 1. The molecule has 0 aliphatic heterocycles. The van der Waals surface area contributed by atoms with Gasteiger partial charge in [0.2, 0.25) is 0 Å². The summed E-state index contributed by atoms with van der Waals surface area (Å²) in [7, 11) is 0. The Bertz CT molecular complexity index is 572. The first kappa shape index (κ1) is 13.9. The van der Waals surface area contributed by atoms with Crippen molar-refractivity contribution in [1.29, 1.82) is 0 Å². The van der Waals surface area contributed by atoms with Crippen LogP contribution < -0.4 is 5.32 Å². The van der Waals surface area contributed by atoms with Crippen LogP contribution in [-0.2, 0) is 0 Å². The number of anilines is 1. The third-order valence-electron chi connectivity index (χ3n) is 2.41. The first-order valence-electron chi connectivity index (χ1n) is 5.64. The average molecular weight is 287 g/mol. The zero-order valence-electron chi connectivity index (χ0n) is 10.2. The maximum Gasteiger partial charge on any atom is 0.441 e. The SMILES string of the molecule is Cc1nc2ccccc2nc1NCCSC(F)(F)F. The molecule has 1 N–H and O–H groups in total. The molecule has 0 atom stereocenters. The zero-order chi connectivity index (χ0) is 13.9. The van der Waals surface area contributed by atoms with Gasteiger partial charge in [-0.05, 0) is 30.8 Å². The highest BCUT2D eigenvalue weighted by molar-refractivity contribution is 8.00. The molecule has 0 fully saturated rings. The molecule has 7 heteroatoms. The molecule has 0 radical (unpaired) electrons. The van der Waals surface area contributed by atoms with Crippen molar-refractivity contribution in [2.24, 2.45) is 0 Å². The van der Waals surface area contributed by atoms with Gasteiger partial charge in [0.25, 0.3) is 0 Å². The lowest BCUT2D eigenvalue weighted by Crippen LogP contribution is -2.11. The van der Waals surface area contributed by atoms with Crippen LogP contribution in [0, 0.1) is 6.92 Å². The second kappa shape index (κ2) is 5.64. The second-order valence-corrected chi connectivity index (χ2v) is 5.03. The van der Waals surface area contributed by atoms with E-state index in [1.54, 1.807) is 6.92 Å². The molecule has 102 valence electrons. The minimum absolute atomic E-state index is 0.0484. The van der Waals surface area contributed by atoms with E-state index in [4.69, 9.17) is 0 Å². The summed E-state index contributed by atoms with van der Waals surface area (Å²) in [5.74, 6) is 0.471. The number of fused-ring (bicyclic) bond motifs is 1. The van der Waals surface area contributed by atoms with E-state index in [2.05, 4.69) is 15.3 Å². The van der Waals surface area contributed by atoms with Crippen molar-refractivity contribution in [3.63, 3.8) is 0 Å². The van der Waals surface area contributed by atoms with Crippen molar-refractivity contribution in [2.75, 3.05) is 17.6 Å². The smallest absolute Gasteiger partial charge is 0.368 e. The first-order chi connectivity index (χ1) is 8.96. The Morgan fingerprint density at radius 2 is 1.79 bits per heavy atom. The van der Waals surface area contributed by atoms with Crippen LogP contribution in [0.2, 0.25) is 0 Å². The predicted octanol–water partition coefficient (Wildman–Crippen LogP) is 3.60. The van der Waals surface area contributed by atoms with Crippen LogP contribution in [0.15, 0.2) is 24.3 Å². The van der Waals surface area contributed by atoms with Crippen LogP contribution in [0.4, 0.5) is 19.0 Å². The van der Waals surface area contributed by atoms with E-state index in [0.717, 1.165) is 11.0 Å². The molecule has 3 nitrogen and oxygen atoms in total. The minimum atomic E-state index is -4.19. The van der Waals surface area contributed by atoms with Gasteiger partial charge in [0.15, 0.2) is 0 Å². The lowest BCUT2D eigenvalue weighted by atomic mass is 10.3. The second-order valence-electron chi connectivity index (χ2n) is 3.87. The van der Waals surface area contributed by atoms with Crippen molar-refractivity contribution >= 4 is 28.6 Å². The predicted molar refractivity (Wildman–Crippen MR) is 71.3 cm³/mol. The summed E-state index contributed by atoms with van der Waals surface area (Å²) in [6.07, 6.45) is 0. The molecular formula is C12H12F3N3S. The molecule has 1 heterocycles. The Labute approximate surface area is 112 Å². The maximum atomic E-state index is 12.0. The first-order valence-corrected chi connectivity index (χ1v) is 6.62. The third-order valence-corrected chi connectivity index (χ3v) is 3.14. The summed E-state index contributed by atoms with van der Waals surface area (Å²) >= 11 is -0.0484. The van der Waals surface area contributed by atoms with E-state index in [-0.39, 0.29) is 24.1 Å². The summed E-state index contributed by atoms with van der Waals surface area (Å²) in [5.41, 5.74) is -2.02. The molecule has 2 aromatic rings. The van der Waals surface area contributed by atoms with Crippen molar-refractivity contribution in [3.05, 3.63) is 30.0 Å². The summed E-state index contributed by atoms with van der Waals surface area (Å²) in [5, 5.41) is 2.88. The number of nitrogens with one attached hydrogen (secondary N) is 1. The minimum Gasteiger partial charge on any atom is -0.368 e. The molecular weight excluding hydrogens is 275 g/mol. The normalized spacial score (nSPS) is 11.8. The van der Waals surface area contributed by atoms with E-state index < -0.39 is 5.51 Å². The summed E-state index contributed by atoms with van der Waals surface area (Å²) < 4.78 is 35.9. The molecule has 1 aromatic heterocycles. The molecule has 2 rings (SSSR count). The molecule has 0 unspecified atom stereocenters. The number of para-hydroxylation sites is 2. The van der Waals surface area contributed by atoms with Crippen molar-refractivity contribution in [2.45, 2.75) is 12.4 Å². The molecule has 0 spiro atoms. The van der Waals surface area contributed by atoms with Crippen LogP contribution in [0.1, 0.15) is 5.69 Å². The van der Waals surface area contributed by atoms with Crippen LogP contribution in [0.5, 0.6) is 0 Å². The largest absolute Gasteiger partial charge is 0.441 e. The lowest BCUT2D eigenvalue weighted by Gasteiger charge is -2.10. The fourth-order valence-electron chi connectivity index (χ4n) is 1.59. The number of hydrogen-bond acceptors (Lipinski definition) is 4. The number of aromatic nitrogens is 2. The molecule has 0 bridgehead atoms. The number of alkyl halides is 3. The monoisotopic (exact) mass is 287 g/mol. The highest BCUT2D eigenvalue weighted by Crippen LogP contribution is 2.29. The number of aryl methyl sites for hydroxylation is 1. The number of benzene rings is 1. The van der Waals surface area contributed by atoms with E-state index in [9.17, 15) is 13.2 Å². The maximum absolute atomic E-state index is 12.0. The lowest BCUT2D eigenvalue weighted by molar-refractivity contribution is -0.0327. The fraction of sp³-hybridized carbons (Fsp3) is 0.333. The van der Waals surface area contributed by atoms with Gasteiger partial charge >= 0.3 is 5.51 Å². The van der Waals surface area contributed by atoms with Crippen molar-refractivity contribution in [1.82, 2.24) is 9.97 Å². The number of hydrogen-bond donors (Lipinski definition) is 1. The Morgan fingerprint density at radius 1 is 1.16 bits per heavy atom. The van der Waals surface area contributed by atoms with Gasteiger partial charge in [0, 0.05) is 12.3 Å². The van der Waals surface area contributed by atoms with Crippen LogP contribution in [0.3, 0.4) is 0 Å². The molecule has 0 amide bonds. The highest BCUT2D eigenvalue weighted by atomic mass is 32.2. The number of halogens is 3. The summed E-state index contributed by atoms with van der Waals surface area (Å²) in [6.45, 7) is 1.97. The number of nitrogens with zero attached hydrogens (tertiary/aromatic N) is 2. The van der Waals surface area contributed by atoms with Crippen molar-refractivity contribution < 1.29 is 13.2 Å². The quantitative estimate of drug-likeness (QED) is 0.872. The van der Waals surface area contributed by atoms with Crippen molar-refractivity contribution in [3.8, 4) is 0 Å². The van der Waals surface area contributed by atoms with Gasteiger partial charge in [-0.2, -0.15) is 13.2 Å². The Balaban J connectivity index is 2.02. The summed E-state index contributed by atoms with van der Waals surface area (Å²) in [4.78, 5) is 8.69. The van der Waals surface area contributed by atoms with Gasteiger partial charge in [0.1, 0.15) is 5.82 Å². The van der Waals surface area contributed by atoms with E-state index >= 15 is 0 Å². The molecule has 0 saturated heterocycles. The van der Waals surface area contributed by atoms with Gasteiger partial charge in [-0.25, -0.2) is 9.97 Å². The van der Waals surface area contributed by atoms with Gasteiger partial charge in [-0.15, -0.1) is 0 Å². The van der Waals surface area contributed by atoms with E-state index in [1.807, 2.05) is 24.3 Å².